The molecule has 0 aliphatic heterocycles. The van der Waals surface area contributed by atoms with Gasteiger partial charge >= 0.3 is 0 Å². The molecule has 0 aromatic carbocycles. The molecule has 0 spiro atoms. The first-order chi connectivity index (χ1) is 7.31. The van der Waals surface area contributed by atoms with Crippen molar-refractivity contribution in [2.75, 3.05) is 12.4 Å². The second-order valence-electron chi connectivity index (χ2n) is 4.06. The lowest BCUT2D eigenvalue weighted by Gasteiger charge is -2.09. The van der Waals surface area contributed by atoms with Crippen LogP contribution >= 0.6 is 11.8 Å². The molecule has 1 heterocycles. The Morgan fingerprint density at radius 2 is 2.33 bits per heavy atom. The summed E-state index contributed by atoms with van der Waals surface area (Å²) in [5.74, 6) is 1.27. The van der Waals surface area contributed by atoms with Crippen molar-refractivity contribution in [1.29, 1.82) is 0 Å². The summed E-state index contributed by atoms with van der Waals surface area (Å²) in [5, 5.41) is 10.1. The first-order valence-electron chi connectivity index (χ1n) is 5.37. The Morgan fingerprint density at radius 3 is 3.13 bits per heavy atom. The molecule has 1 aliphatic rings. The number of nitrogens with zero attached hydrogens (tertiary/aromatic N) is 2. The van der Waals surface area contributed by atoms with Crippen LogP contribution in [0.2, 0.25) is 0 Å². The Labute approximate surface area is 94.3 Å². The Bertz CT molecular complexity index is 343. The maximum Gasteiger partial charge on any atom is 0.116 e. The van der Waals surface area contributed by atoms with Gasteiger partial charge in [0.1, 0.15) is 11.4 Å². The number of aliphatic hydroxyl groups excluding tert-OH is 1. The second-order valence-corrected chi connectivity index (χ2v) is 5.07. The number of aromatic nitrogens is 2. The van der Waals surface area contributed by atoms with Gasteiger partial charge in [-0.05, 0) is 25.2 Å². The SMILES string of the molecule is CC(CO)CSc1ncnc2c1CCC2. The first-order valence-corrected chi connectivity index (χ1v) is 6.36. The van der Waals surface area contributed by atoms with Gasteiger partial charge in [-0.1, -0.05) is 6.92 Å². The maximum atomic E-state index is 8.96. The van der Waals surface area contributed by atoms with Crippen molar-refractivity contribution < 1.29 is 5.11 Å². The van der Waals surface area contributed by atoms with Crippen LogP contribution in [0.5, 0.6) is 0 Å². The highest BCUT2D eigenvalue weighted by molar-refractivity contribution is 7.99. The van der Waals surface area contributed by atoms with Gasteiger partial charge in [-0.2, -0.15) is 0 Å². The van der Waals surface area contributed by atoms with E-state index in [1.165, 1.54) is 17.7 Å². The van der Waals surface area contributed by atoms with E-state index in [1.807, 2.05) is 0 Å². The van der Waals surface area contributed by atoms with Gasteiger partial charge in [0.05, 0.1) is 0 Å². The van der Waals surface area contributed by atoms with Crippen molar-refractivity contribution in [3.63, 3.8) is 0 Å². The number of rotatable bonds is 4. The Kier molecular flexibility index (Phi) is 3.59. The zero-order valence-corrected chi connectivity index (χ0v) is 9.76. The summed E-state index contributed by atoms with van der Waals surface area (Å²) in [6.45, 7) is 2.30. The van der Waals surface area contributed by atoms with Crippen molar-refractivity contribution in [1.82, 2.24) is 9.97 Å². The minimum absolute atomic E-state index is 0.250. The Balaban J connectivity index is 2.06. The maximum absolute atomic E-state index is 8.96. The van der Waals surface area contributed by atoms with Crippen LogP contribution < -0.4 is 0 Å². The largest absolute Gasteiger partial charge is 0.396 e. The second kappa shape index (κ2) is 4.94. The van der Waals surface area contributed by atoms with Crippen LogP contribution in [0.25, 0.3) is 0 Å². The lowest BCUT2D eigenvalue weighted by atomic mass is 10.2. The third-order valence-corrected chi connectivity index (χ3v) is 4.01. The van der Waals surface area contributed by atoms with E-state index in [2.05, 4.69) is 16.9 Å². The average molecular weight is 224 g/mol. The van der Waals surface area contributed by atoms with Gasteiger partial charge in [-0.3, -0.25) is 0 Å². The minimum Gasteiger partial charge on any atom is -0.396 e. The van der Waals surface area contributed by atoms with E-state index in [4.69, 9.17) is 5.11 Å². The van der Waals surface area contributed by atoms with Gasteiger partial charge in [0, 0.05) is 23.6 Å². The van der Waals surface area contributed by atoms with Crippen molar-refractivity contribution in [3.05, 3.63) is 17.6 Å². The van der Waals surface area contributed by atoms with Crippen LogP contribution in [0.15, 0.2) is 11.4 Å². The van der Waals surface area contributed by atoms with Crippen LogP contribution in [0.1, 0.15) is 24.6 Å². The van der Waals surface area contributed by atoms with Crippen LogP contribution in [0.3, 0.4) is 0 Å². The van der Waals surface area contributed by atoms with Gasteiger partial charge in [0.25, 0.3) is 0 Å². The molecule has 3 nitrogen and oxygen atoms in total. The van der Waals surface area contributed by atoms with Gasteiger partial charge in [-0.15, -0.1) is 11.8 Å². The molecular formula is C11H16N2OS. The molecule has 1 aromatic rings. The van der Waals surface area contributed by atoms with Crippen LogP contribution in [-0.2, 0) is 12.8 Å². The topological polar surface area (TPSA) is 46.0 Å². The molecule has 0 amide bonds. The number of hydrogen-bond donors (Lipinski definition) is 1. The predicted octanol–water partition coefficient (Wildman–Crippen LogP) is 1.69. The molecular weight excluding hydrogens is 208 g/mol. The van der Waals surface area contributed by atoms with Crippen molar-refractivity contribution in [3.8, 4) is 0 Å². The molecule has 0 radical (unpaired) electrons. The summed E-state index contributed by atoms with van der Waals surface area (Å²) in [6.07, 6.45) is 5.08. The standard InChI is InChI=1S/C11H16N2OS/c1-8(5-14)6-15-11-9-3-2-4-10(9)12-7-13-11/h7-8,14H,2-6H2,1H3. The fourth-order valence-corrected chi connectivity index (χ4v) is 2.79. The predicted molar refractivity (Wildman–Crippen MR) is 61.0 cm³/mol. The van der Waals surface area contributed by atoms with Crippen LogP contribution in [0.4, 0.5) is 0 Å². The zero-order valence-electron chi connectivity index (χ0n) is 8.94. The van der Waals surface area contributed by atoms with Crippen molar-refractivity contribution in [2.24, 2.45) is 5.92 Å². The van der Waals surface area contributed by atoms with Gasteiger partial charge in [0.2, 0.25) is 0 Å². The third-order valence-electron chi connectivity index (χ3n) is 2.65. The average Bonchev–Trinajstić information content (AvgIpc) is 2.74. The number of aryl methyl sites for hydroxylation is 1. The quantitative estimate of drug-likeness (QED) is 0.624. The fraction of sp³-hybridized carbons (Fsp3) is 0.636. The van der Waals surface area contributed by atoms with Gasteiger partial charge < -0.3 is 5.11 Å². The minimum atomic E-state index is 0.250. The molecule has 4 heteroatoms. The lowest BCUT2D eigenvalue weighted by Crippen LogP contribution is -2.04. The summed E-state index contributed by atoms with van der Waals surface area (Å²) in [4.78, 5) is 8.62. The molecule has 15 heavy (non-hydrogen) atoms. The molecule has 1 aliphatic carbocycles. The molecule has 0 bridgehead atoms. The highest BCUT2D eigenvalue weighted by atomic mass is 32.2. The van der Waals surface area contributed by atoms with Crippen molar-refractivity contribution in [2.45, 2.75) is 31.2 Å². The molecule has 2 rings (SSSR count). The molecule has 0 saturated carbocycles. The third kappa shape index (κ3) is 2.49. The van der Waals surface area contributed by atoms with Gasteiger partial charge in [0.15, 0.2) is 0 Å². The molecule has 0 fully saturated rings. The Hall–Kier alpha value is -0.610. The zero-order chi connectivity index (χ0) is 10.7. The molecule has 82 valence electrons. The normalized spacial score (nSPS) is 16.4. The summed E-state index contributed by atoms with van der Waals surface area (Å²) in [5.41, 5.74) is 2.57. The summed E-state index contributed by atoms with van der Waals surface area (Å²) >= 11 is 1.75. The van der Waals surface area contributed by atoms with Crippen LogP contribution in [-0.4, -0.2) is 27.4 Å². The van der Waals surface area contributed by atoms with E-state index in [0.29, 0.717) is 5.92 Å². The van der Waals surface area contributed by atoms with E-state index in [1.54, 1.807) is 18.1 Å². The van der Waals surface area contributed by atoms with E-state index in [0.717, 1.165) is 23.6 Å². The van der Waals surface area contributed by atoms with Crippen molar-refractivity contribution >= 4 is 11.8 Å². The molecule has 1 aromatic heterocycles. The van der Waals surface area contributed by atoms with E-state index in [9.17, 15) is 0 Å². The molecule has 1 atom stereocenters. The summed E-state index contributed by atoms with van der Waals surface area (Å²) in [7, 11) is 0. The van der Waals surface area contributed by atoms with Crippen LogP contribution in [0, 0.1) is 5.92 Å². The number of aliphatic hydroxyl groups is 1. The smallest absolute Gasteiger partial charge is 0.116 e. The molecule has 1 N–H and O–H groups in total. The fourth-order valence-electron chi connectivity index (χ4n) is 1.73. The van der Waals surface area contributed by atoms with E-state index < -0.39 is 0 Å². The highest BCUT2D eigenvalue weighted by Gasteiger charge is 2.17. The van der Waals surface area contributed by atoms with Gasteiger partial charge in [-0.25, -0.2) is 9.97 Å². The number of fused-ring (bicyclic) bond motifs is 1. The molecule has 0 saturated heterocycles. The van der Waals surface area contributed by atoms with E-state index >= 15 is 0 Å². The monoisotopic (exact) mass is 224 g/mol. The summed E-state index contributed by atoms with van der Waals surface area (Å²) in [6, 6.07) is 0. The summed E-state index contributed by atoms with van der Waals surface area (Å²) < 4.78 is 0. The number of thioether (sulfide) groups is 1. The first kappa shape index (κ1) is 10.9. The lowest BCUT2D eigenvalue weighted by molar-refractivity contribution is 0.250. The van der Waals surface area contributed by atoms with E-state index in [-0.39, 0.29) is 6.61 Å². The molecule has 1 unspecified atom stereocenters. The highest BCUT2D eigenvalue weighted by Crippen LogP contribution is 2.29. The Morgan fingerprint density at radius 1 is 1.47 bits per heavy atom. The number of hydrogen-bond acceptors (Lipinski definition) is 4.